The van der Waals surface area contributed by atoms with E-state index >= 15 is 0 Å². The van der Waals surface area contributed by atoms with E-state index in [4.69, 9.17) is 11.0 Å². The lowest BCUT2D eigenvalue weighted by Crippen LogP contribution is -2.39. The van der Waals surface area contributed by atoms with Gasteiger partial charge in [-0.05, 0) is 0 Å². The van der Waals surface area contributed by atoms with Crippen LogP contribution in [0.2, 0.25) is 0 Å². The van der Waals surface area contributed by atoms with E-state index in [0.29, 0.717) is 6.42 Å². The molecule has 0 aliphatic heterocycles. The van der Waals surface area contributed by atoms with Crippen molar-refractivity contribution in [3.8, 4) is 6.07 Å². The van der Waals surface area contributed by atoms with E-state index in [9.17, 15) is 0 Å². The molecule has 0 aliphatic carbocycles. The van der Waals surface area contributed by atoms with Crippen LogP contribution in [0.3, 0.4) is 0 Å². The minimum absolute atomic E-state index is 0.514. The molecule has 3 heteroatoms. The molecule has 0 fully saturated rings. The van der Waals surface area contributed by atoms with E-state index in [2.05, 4.69) is 4.74 Å². The van der Waals surface area contributed by atoms with Crippen LogP contribution in [0.15, 0.2) is 0 Å². The van der Waals surface area contributed by atoms with Gasteiger partial charge in [-0.15, -0.1) is 0 Å². The number of methoxy groups -OCH3 is 1. The molecule has 0 aromatic carbocycles. The Balaban J connectivity index is 3.83. The summed E-state index contributed by atoms with van der Waals surface area (Å²) in [7, 11) is 1.42. The van der Waals surface area contributed by atoms with Crippen molar-refractivity contribution in [2.45, 2.75) is 19.1 Å². The summed E-state index contributed by atoms with van der Waals surface area (Å²) in [6.07, 6.45) is 0.514. The molecule has 0 heterocycles. The summed E-state index contributed by atoms with van der Waals surface area (Å²) in [5, 5.41) is 8.29. The third-order valence-corrected chi connectivity index (χ3v) is 1.08. The fraction of sp³-hybridized carbons (Fsp3) is 0.800. The van der Waals surface area contributed by atoms with Gasteiger partial charge in [0.05, 0.1) is 0 Å². The summed E-state index contributed by atoms with van der Waals surface area (Å²) >= 11 is 0. The van der Waals surface area contributed by atoms with E-state index in [1.807, 2.05) is 6.07 Å². The molecule has 0 aromatic rings. The molecular weight excluding hydrogens is 104 g/mol. The monoisotopic (exact) mass is 114 g/mol. The maximum absolute atomic E-state index is 8.29. The summed E-state index contributed by atoms with van der Waals surface area (Å²) in [5.74, 6) is 0. The smallest absolute Gasteiger partial charge is 0.204 e. The van der Waals surface area contributed by atoms with Crippen LogP contribution in [-0.4, -0.2) is 12.8 Å². The highest BCUT2D eigenvalue weighted by atomic mass is 16.5. The van der Waals surface area contributed by atoms with Gasteiger partial charge < -0.3 is 4.74 Å². The first-order valence-electron chi connectivity index (χ1n) is 2.44. The highest BCUT2D eigenvalue weighted by Crippen LogP contribution is 2.02. The van der Waals surface area contributed by atoms with Gasteiger partial charge in [0.2, 0.25) is 5.72 Å². The highest BCUT2D eigenvalue weighted by Gasteiger charge is 2.19. The Kier molecular flexibility index (Phi) is 2.46. The summed E-state index contributed by atoms with van der Waals surface area (Å²) < 4.78 is 4.65. The molecule has 1 unspecified atom stereocenters. The first-order valence-corrected chi connectivity index (χ1v) is 2.44. The van der Waals surface area contributed by atoms with Crippen LogP contribution >= 0.6 is 0 Å². The lowest BCUT2D eigenvalue weighted by atomic mass is 10.2. The average molecular weight is 114 g/mol. The van der Waals surface area contributed by atoms with Crippen LogP contribution in [0.1, 0.15) is 13.3 Å². The maximum atomic E-state index is 8.29. The van der Waals surface area contributed by atoms with E-state index < -0.39 is 5.72 Å². The Morgan fingerprint density at radius 2 is 2.38 bits per heavy atom. The van der Waals surface area contributed by atoms with Gasteiger partial charge in [0.15, 0.2) is 0 Å². The van der Waals surface area contributed by atoms with E-state index in [0.717, 1.165) is 0 Å². The zero-order valence-electron chi connectivity index (χ0n) is 5.14. The van der Waals surface area contributed by atoms with Crippen molar-refractivity contribution in [2.24, 2.45) is 5.73 Å². The zero-order chi connectivity index (χ0) is 6.62. The molecule has 0 amide bonds. The van der Waals surface area contributed by atoms with Gasteiger partial charge in [-0.3, -0.25) is 5.73 Å². The third kappa shape index (κ3) is 1.49. The van der Waals surface area contributed by atoms with Crippen LogP contribution < -0.4 is 5.73 Å². The van der Waals surface area contributed by atoms with Crippen molar-refractivity contribution in [3.05, 3.63) is 0 Å². The first-order chi connectivity index (χ1) is 3.68. The minimum Gasteiger partial charge on any atom is -0.351 e. The Morgan fingerprint density at radius 1 is 1.88 bits per heavy atom. The number of hydrogen-bond donors (Lipinski definition) is 1. The van der Waals surface area contributed by atoms with Crippen LogP contribution in [0, 0.1) is 11.3 Å². The van der Waals surface area contributed by atoms with Crippen molar-refractivity contribution in [2.75, 3.05) is 7.11 Å². The van der Waals surface area contributed by atoms with E-state index in [1.54, 1.807) is 6.92 Å². The molecule has 8 heavy (non-hydrogen) atoms. The largest absolute Gasteiger partial charge is 0.351 e. The molecule has 0 aromatic heterocycles. The highest BCUT2D eigenvalue weighted by molar-refractivity contribution is 4.94. The molecule has 0 saturated carbocycles. The molecule has 1 atom stereocenters. The molecule has 0 bridgehead atoms. The van der Waals surface area contributed by atoms with Crippen molar-refractivity contribution >= 4 is 0 Å². The lowest BCUT2D eigenvalue weighted by Gasteiger charge is -2.15. The Bertz CT molecular complexity index is 101. The quantitative estimate of drug-likeness (QED) is 0.522. The second-order valence-corrected chi connectivity index (χ2v) is 1.56. The van der Waals surface area contributed by atoms with E-state index in [-0.39, 0.29) is 0 Å². The van der Waals surface area contributed by atoms with Crippen molar-refractivity contribution < 1.29 is 4.74 Å². The van der Waals surface area contributed by atoms with Gasteiger partial charge in [0, 0.05) is 13.5 Å². The zero-order valence-corrected chi connectivity index (χ0v) is 5.14. The molecule has 46 valence electrons. The topological polar surface area (TPSA) is 59.0 Å². The Hall–Kier alpha value is -0.590. The molecule has 0 saturated heterocycles. The molecule has 0 spiro atoms. The fourth-order valence-corrected chi connectivity index (χ4v) is 0.269. The molecule has 0 radical (unpaired) electrons. The number of rotatable bonds is 2. The summed E-state index contributed by atoms with van der Waals surface area (Å²) in [6, 6.07) is 1.83. The van der Waals surface area contributed by atoms with Gasteiger partial charge in [-0.25, -0.2) is 0 Å². The normalized spacial score (nSPS) is 16.8. The number of hydrogen-bond acceptors (Lipinski definition) is 3. The Morgan fingerprint density at radius 3 is 2.38 bits per heavy atom. The van der Waals surface area contributed by atoms with Gasteiger partial charge in [-0.2, -0.15) is 5.26 Å². The number of nitriles is 1. The molecule has 3 nitrogen and oxygen atoms in total. The average Bonchev–Trinajstić information content (AvgIpc) is 1.87. The van der Waals surface area contributed by atoms with Gasteiger partial charge >= 0.3 is 0 Å². The van der Waals surface area contributed by atoms with Crippen LogP contribution in [0.25, 0.3) is 0 Å². The molecule has 0 rings (SSSR count). The van der Waals surface area contributed by atoms with Gasteiger partial charge in [0.25, 0.3) is 0 Å². The van der Waals surface area contributed by atoms with Crippen molar-refractivity contribution in [3.63, 3.8) is 0 Å². The summed E-state index contributed by atoms with van der Waals surface area (Å²) in [4.78, 5) is 0. The van der Waals surface area contributed by atoms with E-state index in [1.165, 1.54) is 7.11 Å². The van der Waals surface area contributed by atoms with Crippen molar-refractivity contribution in [1.82, 2.24) is 0 Å². The molecule has 2 N–H and O–H groups in total. The fourth-order valence-electron chi connectivity index (χ4n) is 0.269. The lowest BCUT2D eigenvalue weighted by molar-refractivity contribution is 0.0416. The van der Waals surface area contributed by atoms with Crippen molar-refractivity contribution in [1.29, 1.82) is 5.26 Å². The first kappa shape index (κ1) is 7.41. The summed E-state index contributed by atoms with van der Waals surface area (Å²) in [6.45, 7) is 1.80. The minimum atomic E-state index is -1.07. The number of ether oxygens (including phenoxy) is 1. The predicted molar refractivity (Wildman–Crippen MR) is 29.8 cm³/mol. The predicted octanol–water partition coefficient (Wildman–Crippen LogP) is 0.221. The second-order valence-electron chi connectivity index (χ2n) is 1.56. The van der Waals surface area contributed by atoms with Gasteiger partial charge in [-0.1, -0.05) is 6.92 Å². The van der Waals surface area contributed by atoms with Gasteiger partial charge in [0.1, 0.15) is 6.07 Å². The number of nitrogens with two attached hydrogens (primary N) is 1. The van der Waals surface area contributed by atoms with Crippen LogP contribution in [-0.2, 0) is 4.74 Å². The maximum Gasteiger partial charge on any atom is 0.204 e. The second kappa shape index (κ2) is 2.65. The third-order valence-electron chi connectivity index (χ3n) is 1.08. The SMILES string of the molecule is CCC(N)(C#N)OC. The summed E-state index contributed by atoms with van der Waals surface area (Å²) in [5.41, 5.74) is 4.24. The molecular formula is C5H10N2O. The van der Waals surface area contributed by atoms with Crippen LogP contribution in [0.4, 0.5) is 0 Å². The standard InChI is InChI=1S/C5H10N2O/c1-3-5(7,4-6)8-2/h3,7H2,1-2H3. The molecule has 0 aliphatic rings. The number of nitrogens with zero attached hydrogens (tertiary/aromatic N) is 1. The van der Waals surface area contributed by atoms with Crippen LogP contribution in [0.5, 0.6) is 0 Å². The Labute approximate surface area is 49.0 Å².